The molecule has 2 saturated carbocycles. The molecule has 0 radical (unpaired) electrons. The number of hydrogen-bond donors (Lipinski definition) is 2. The molecule has 2 amide bonds. The van der Waals surface area contributed by atoms with Crippen LogP contribution in [0, 0.1) is 24.7 Å². The van der Waals surface area contributed by atoms with E-state index in [1.165, 1.54) is 0 Å². The van der Waals surface area contributed by atoms with E-state index < -0.39 is 14.1 Å². The molecule has 2 aromatic heterocycles. The van der Waals surface area contributed by atoms with Crippen molar-refractivity contribution in [1.82, 2.24) is 24.9 Å². The second kappa shape index (κ2) is 13.2. The summed E-state index contributed by atoms with van der Waals surface area (Å²) in [6.07, 6.45) is 7.91. The SMILES string of the molecule is C=Cc1c(-c2ccc(NC(=O)C(NC(=O)c3ccnn3C(C)C)C(C3CC3)C3CC3)cc2)c(C)nn1COCC[Si](C)(C)C. The minimum atomic E-state index is -1.17. The first kappa shape index (κ1) is 31.9. The summed E-state index contributed by atoms with van der Waals surface area (Å²) in [4.78, 5) is 27.3. The van der Waals surface area contributed by atoms with Crippen LogP contribution < -0.4 is 10.6 Å². The van der Waals surface area contributed by atoms with Crippen LogP contribution in [0.1, 0.15) is 67.4 Å². The maximum absolute atomic E-state index is 13.9. The summed E-state index contributed by atoms with van der Waals surface area (Å²) in [6, 6.07) is 10.1. The second-order valence-electron chi connectivity index (χ2n) is 13.9. The number of carbonyl (C=O) groups is 2. The quantitative estimate of drug-likeness (QED) is 0.145. The fraction of sp³-hybridized carbons (Fsp3) is 0.529. The Morgan fingerprint density at radius 3 is 2.32 bits per heavy atom. The van der Waals surface area contributed by atoms with Crippen molar-refractivity contribution < 1.29 is 14.3 Å². The van der Waals surface area contributed by atoms with E-state index in [9.17, 15) is 9.59 Å². The van der Waals surface area contributed by atoms with Gasteiger partial charge in [-0.1, -0.05) is 38.4 Å². The average Bonchev–Trinajstić information content (AvgIpc) is 3.90. The number of aryl methyl sites for hydroxylation is 1. The monoisotopic (exact) mass is 616 g/mol. The molecule has 1 atom stereocenters. The molecule has 2 aliphatic carbocycles. The number of aromatic nitrogens is 4. The summed E-state index contributed by atoms with van der Waals surface area (Å²) in [7, 11) is -1.17. The Bertz CT molecular complexity index is 1470. The maximum atomic E-state index is 13.9. The Morgan fingerprint density at radius 1 is 1.09 bits per heavy atom. The van der Waals surface area contributed by atoms with Crippen molar-refractivity contribution in [2.45, 2.75) is 91.0 Å². The van der Waals surface area contributed by atoms with Crippen molar-refractivity contribution in [3.05, 3.63) is 60.2 Å². The Labute approximate surface area is 262 Å². The Balaban J connectivity index is 1.31. The Morgan fingerprint density at radius 2 is 1.75 bits per heavy atom. The minimum absolute atomic E-state index is 0.0408. The van der Waals surface area contributed by atoms with Crippen molar-refractivity contribution >= 4 is 31.7 Å². The number of rotatable bonds is 15. The van der Waals surface area contributed by atoms with Crippen LogP contribution in [0.5, 0.6) is 0 Å². The lowest BCUT2D eigenvalue weighted by molar-refractivity contribution is -0.119. The molecule has 44 heavy (non-hydrogen) atoms. The van der Waals surface area contributed by atoms with Gasteiger partial charge in [-0.05, 0) is 100 Å². The number of nitrogens with one attached hydrogen (secondary N) is 2. The molecule has 0 saturated heterocycles. The topological polar surface area (TPSA) is 103 Å². The second-order valence-corrected chi connectivity index (χ2v) is 19.5. The van der Waals surface area contributed by atoms with Gasteiger partial charge in [0.05, 0.1) is 11.4 Å². The van der Waals surface area contributed by atoms with Crippen LogP contribution >= 0.6 is 0 Å². The van der Waals surface area contributed by atoms with Gasteiger partial charge in [0, 0.05) is 38.2 Å². The molecule has 0 spiro atoms. The number of hydrogen-bond acceptors (Lipinski definition) is 5. The van der Waals surface area contributed by atoms with Crippen molar-refractivity contribution in [1.29, 1.82) is 0 Å². The van der Waals surface area contributed by atoms with Crippen LogP contribution in [-0.4, -0.2) is 52.1 Å². The van der Waals surface area contributed by atoms with Crippen LogP contribution in [0.3, 0.4) is 0 Å². The van der Waals surface area contributed by atoms with Crippen molar-refractivity contribution in [3.8, 4) is 11.1 Å². The first-order chi connectivity index (χ1) is 21.0. The normalized spacial score (nSPS) is 15.9. The standard InChI is InChI=1S/C34H48N6O3Si/c1-8-28-30(23(4)38-39(28)21-43-19-20-44(5,6)7)24-13-15-27(16-14-24)36-34(42)32(31(25-9-10-25)26-11-12-26)37-33(41)29-17-18-35-40(29)22(2)3/h8,13-18,22,25-26,31-32H,1,9-12,19-21H2,2-7H3,(H,36,42)(H,37,41). The van der Waals surface area contributed by atoms with Gasteiger partial charge in [-0.3, -0.25) is 14.3 Å². The van der Waals surface area contributed by atoms with E-state index in [4.69, 9.17) is 9.84 Å². The predicted molar refractivity (Wildman–Crippen MR) is 178 cm³/mol. The van der Waals surface area contributed by atoms with Gasteiger partial charge in [0.15, 0.2) is 0 Å². The van der Waals surface area contributed by atoms with Gasteiger partial charge >= 0.3 is 0 Å². The molecule has 2 fully saturated rings. The number of carbonyl (C=O) groups excluding carboxylic acids is 2. The molecule has 0 bridgehead atoms. The van der Waals surface area contributed by atoms with Crippen molar-refractivity contribution in [3.63, 3.8) is 0 Å². The molecule has 1 unspecified atom stereocenters. The Hall–Kier alpha value is -3.50. The molecule has 236 valence electrons. The van der Waals surface area contributed by atoms with E-state index >= 15 is 0 Å². The number of anilines is 1. The number of ether oxygens (including phenoxy) is 1. The molecule has 2 N–H and O–H groups in total. The average molecular weight is 617 g/mol. The van der Waals surface area contributed by atoms with E-state index in [0.717, 1.165) is 60.8 Å². The molecule has 2 aliphatic rings. The van der Waals surface area contributed by atoms with E-state index in [2.05, 4.69) is 42.0 Å². The van der Waals surface area contributed by atoms with Gasteiger partial charge < -0.3 is 15.4 Å². The van der Waals surface area contributed by atoms with Crippen molar-refractivity contribution in [2.24, 2.45) is 17.8 Å². The van der Waals surface area contributed by atoms with E-state index in [1.54, 1.807) is 16.9 Å². The summed E-state index contributed by atoms with van der Waals surface area (Å²) in [5.41, 5.74) is 4.96. The first-order valence-corrected chi connectivity index (χ1v) is 19.7. The van der Waals surface area contributed by atoms with E-state index in [0.29, 0.717) is 29.9 Å². The highest BCUT2D eigenvalue weighted by Crippen LogP contribution is 2.51. The van der Waals surface area contributed by atoms with Gasteiger partial charge in [0.2, 0.25) is 5.91 Å². The molecule has 1 aromatic carbocycles. The zero-order valence-corrected chi connectivity index (χ0v) is 28.1. The highest BCUT2D eigenvalue weighted by Gasteiger charge is 2.48. The third-order valence-corrected chi connectivity index (χ3v) is 10.4. The summed E-state index contributed by atoms with van der Waals surface area (Å²) < 4.78 is 9.53. The number of amides is 2. The molecule has 10 heteroatoms. The molecule has 2 heterocycles. The molecular formula is C34H48N6O3Si. The highest BCUT2D eigenvalue weighted by molar-refractivity contribution is 6.76. The van der Waals surface area contributed by atoms with Crippen molar-refractivity contribution in [2.75, 3.05) is 11.9 Å². The fourth-order valence-corrected chi connectivity index (χ4v) is 6.84. The van der Waals surface area contributed by atoms with E-state index in [-0.39, 0.29) is 23.8 Å². The number of nitrogens with zero attached hydrogens (tertiary/aromatic N) is 4. The van der Waals surface area contributed by atoms with Crippen LogP contribution in [0.2, 0.25) is 25.7 Å². The third-order valence-electron chi connectivity index (χ3n) is 8.69. The molecule has 5 rings (SSSR count). The molecule has 9 nitrogen and oxygen atoms in total. The number of benzene rings is 1. The van der Waals surface area contributed by atoms with Crippen LogP contribution in [-0.2, 0) is 16.3 Å². The Kier molecular flexibility index (Phi) is 9.60. The lowest BCUT2D eigenvalue weighted by Gasteiger charge is -2.28. The molecule has 0 aliphatic heterocycles. The summed E-state index contributed by atoms with van der Waals surface area (Å²) >= 11 is 0. The van der Waals surface area contributed by atoms with E-state index in [1.807, 2.05) is 55.8 Å². The van der Waals surface area contributed by atoms with Gasteiger partial charge in [0.25, 0.3) is 5.91 Å². The minimum Gasteiger partial charge on any atom is -0.360 e. The smallest absolute Gasteiger partial charge is 0.270 e. The predicted octanol–water partition coefficient (Wildman–Crippen LogP) is 6.76. The summed E-state index contributed by atoms with van der Waals surface area (Å²) in [5, 5.41) is 15.3. The lowest BCUT2D eigenvalue weighted by Crippen LogP contribution is -2.50. The first-order valence-electron chi connectivity index (χ1n) is 16.0. The van der Waals surface area contributed by atoms with Crippen LogP contribution in [0.25, 0.3) is 17.2 Å². The van der Waals surface area contributed by atoms with Gasteiger partial charge in [-0.25, -0.2) is 4.68 Å². The zero-order chi connectivity index (χ0) is 31.6. The molecular weight excluding hydrogens is 568 g/mol. The molecule has 3 aromatic rings. The van der Waals surface area contributed by atoms with Gasteiger partial charge in [-0.15, -0.1) is 0 Å². The van der Waals surface area contributed by atoms with Crippen LogP contribution in [0.15, 0.2) is 43.1 Å². The van der Waals surface area contributed by atoms with Gasteiger partial charge in [-0.2, -0.15) is 10.2 Å². The highest BCUT2D eigenvalue weighted by atomic mass is 28.3. The zero-order valence-electron chi connectivity index (χ0n) is 27.1. The summed E-state index contributed by atoms with van der Waals surface area (Å²) in [5.74, 6) is 0.675. The lowest BCUT2D eigenvalue weighted by atomic mass is 9.88. The summed E-state index contributed by atoms with van der Waals surface area (Å²) in [6.45, 7) is 18.1. The maximum Gasteiger partial charge on any atom is 0.270 e. The van der Waals surface area contributed by atoms with Gasteiger partial charge in [0.1, 0.15) is 18.5 Å². The third kappa shape index (κ3) is 7.58. The largest absolute Gasteiger partial charge is 0.360 e. The van der Waals surface area contributed by atoms with Crippen LogP contribution in [0.4, 0.5) is 5.69 Å². The fourth-order valence-electron chi connectivity index (χ4n) is 6.08.